The van der Waals surface area contributed by atoms with Gasteiger partial charge in [0.15, 0.2) is 5.76 Å². The standard InChI is InChI=1S/C21H30N4O3/c1-15(2)25(4)12-6-5-11-22-21(27)23-17-9-10-18(16(3)14-17)24-20(26)19-8-7-13-28-19/h7-10,13-15H,5-6,11-12H2,1-4H3,(H,24,26)(H2,22,23,27). The fourth-order valence-electron chi connectivity index (χ4n) is 2.59. The lowest BCUT2D eigenvalue weighted by atomic mass is 10.1. The summed E-state index contributed by atoms with van der Waals surface area (Å²) in [6, 6.07) is 8.89. The first kappa shape index (κ1) is 21.5. The number of rotatable bonds is 9. The van der Waals surface area contributed by atoms with Crippen molar-refractivity contribution in [2.45, 2.75) is 39.7 Å². The van der Waals surface area contributed by atoms with Crippen molar-refractivity contribution < 1.29 is 14.0 Å². The fourth-order valence-corrected chi connectivity index (χ4v) is 2.59. The molecule has 7 nitrogen and oxygen atoms in total. The smallest absolute Gasteiger partial charge is 0.319 e. The Morgan fingerprint density at radius 3 is 2.57 bits per heavy atom. The van der Waals surface area contributed by atoms with Crippen molar-refractivity contribution >= 4 is 23.3 Å². The summed E-state index contributed by atoms with van der Waals surface area (Å²) >= 11 is 0. The van der Waals surface area contributed by atoms with Crippen molar-refractivity contribution in [2.75, 3.05) is 30.8 Å². The number of carbonyl (C=O) groups is 2. The molecule has 7 heteroatoms. The number of carbonyl (C=O) groups excluding carboxylic acids is 2. The number of benzene rings is 1. The van der Waals surface area contributed by atoms with Crippen molar-refractivity contribution in [3.63, 3.8) is 0 Å². The second-order valence-corrected chi connectivity index (χ2v) is 7.12. The average molecular weight is 386 g/mol. The number of unbranched alkanes of at least 4 members (excludes halogenated alkanes) is 1. The molecule has 3 N–H and O–H groups in total. The molecule has 2 rings (SSSR count). The highest BCUT2D eigenvalue weighted by molar-refractivity contribution is 6.02. The third-order valence-electron chi connectivity index (χ3n) is 4.58. The van der Waals surface area contributed by atoms with E-state index in [-0.39, 0.29) is 17.7 Å². The van der Waals surface area contributed by atoms with Crippen LogP contribution in [0, 0.1) is 6.92 Å². The lowest BCUT2D eigenvalue weighted by Crippen LogP contribution is -2.31. The van der Waals surface area contributed by atoms with E-state index in [1.807, 2.05) is 13.0 Å². The monoisotopic (exact) mass is 386 g/mol. The molecule has 0 aliphatic carbocycles. The van der Waals surface area contributed by atoms with Crippen molar-refractivity contribution in [1.29, 1.82) is 0 Å². The maximum Gasteiger partial charge on any atom is 0.319 e. The van der Waals surface area contributed by atoms with E-state index in [1.165, 1.54) is 6.26 Å². The summed E-state index contributed by atoms with van der Waals surface area (Å²) in [5.41, 5.74) is 2.18. The van der Waals surface area contributed by atoms with Crippen LogP contribution in [0.4, 0.5) is 16.2 Å². The summed E-state index contributed by atoms with van der Waals surface area (Å²) < 4.78 is 5.08. The Morgan fingerprint density at radius 2 is 1.93 bits per heavy atom. The van der Waals surface area contributed by atoms with E-state index in [0.29, 0.717) is 24.0 Å². The molecule has 1 aromatic heterocycles. The molecule has 0 aliphatic rings. The Kier molecular flexibility index (Phi) is 8.07. The number of aryl methyl sites for hydroxylation is 1. The van der Waals surface area contributed by atoms with Crippen LogP contribution in [0.3, 0.4) is 0 Å². The van der Waals surface area contributed by atoms with Gasteiger partial charge in [-0.2, -0.15) is 0 Å². The molecular weight excluding hydrogens is 356 g/mol. The number of hydrogen-bond acceptors (Lipinski definition) is 4. The molecule has 28 heavy (non-hydrogen) atoms. The Bertz CT molecular complexity index is 772. The van der Waals surface area contributed by atoms with Gasteiger partial charge in [-0.1, -0.05) is 0 Å². The third-order valence-corrected chi connectivity index (χ3v) is 4.58. The molecule has 152 valence electrons. The van der Waals surface area contributed by atoms with Gasteiger partial charge in [-0.15, -0.1) is 0 Å². The van der Waals surface area contributed by atoms with Crippen LogP contribution in [0.5, 0.6) is 0 Å². The van der Waals surface area contributed by atoms with E-state index in [0.717, 1.165) is 24.9 Å². The zero-order valence-electron chi connectivity index (χ0n) is 17.0. The molecule has 3 amide bonds. The quantitative estimate of drug-likeness (QED) is 0.567. The maximum atomic E-state index is 12.1. The van der Waals surface area contributed by atoms with Crippen molar-refractivity contribution in [3.05, 3.63) is 47.9 Å². The number of nitrogens with one attached hydrogen (secondary N) is 3. The molecular formula is C21H30N4O3. The van der Waals surface area contributed by atoms with Gasteiger partial charge in [-0.05, 0) is 83.1 Å². The predicted molar refractivity (Wildman–Crippen MR) is 112 cm³/mol. The van der Waals surface area contributed by atoms with Crippen LogP contribution >= 0.6 is 0 Å². The van der Waals surface area contributed by atoms with E-state index >= 15 is 0 Å². The molecule has 1 heterocycles. The number of amides is 3. The molecule has 1 aromatic carbocycles. The minimum Gasteiger partial charge on any atom is -0.459 e. The number of furan rings is 1. The van der Waals surface area contributed by atoms with Gasteiger partial charge in [0.2, 0.25) is 0 Å². The van der Waals surface area contributed by atoms with Crippen LogP contribution in [0.2, 0.25) is 0 Å². The molecule has 0 radical (unpaired) electrons. The average Bonchev–Trinajstić information content (AvgIpc) is 3.18. The lowest BCUT2D eigenvalue weighted by molar-refractivity contribution is 0.0996. The molecule has 0 spiro atoms. The SMILES string of the molecule is Cc1cc(NC(=O)NCCCCN(C)C(C)C)ccc1NC(=O)c1ccco1. The summed E-state index contributed by atoms with van der Waals surface area (Å²) in [6.45, 7) is 7.86. The first-order chi connectivity index (χ1) is 13.4. The van der Waals surface area contributed by atoms with E-state index in [2.05, 4.69) is 41.7 Å². The van der Waals surface area contributed by atoms with Gasteiger partial charge < -0.3 is 25.3 Å². The van der Waals surface area contributed by atoms with E-state index in [9.17, 15) is 9.59 Å². The Morgan fingerprint density at radius 1 is 1.14 bits per heavy atom. The van der Waals surface area contributed by atoms with Crippen molar-refractivity contribution in [3.8, 4) is 0 Å². The van der Waals surface area contributed by atoms with Crippen LogP contribution in [0.25, 0.3) is 0 Å². The van der Waals surface area contributed by atoms with Gasteiger partial charge in [0.1, 0.15) is 0 Å². The molecule has 0 aliphatic heterocycles. The summed E-state index contributed by atoms with van der Waals surface area (Å²) in [4.78, 5) is 26.4. The highest BCUT2D eigenvalue weighted by atomic mass is 16.3. The lowest BCUT2D eigenvalue weighted by Gasteiger charge is -2.20. The van der Waals surface area contributed by atoms with E-state index < -0.39 is 0 Å². The normalized spacial score (nSPS) is 10.9. The molecule has 0 bridgehead atoms. The Hall–Kier alpha value is -2.80. The second kappa shape index (κ2) is 10.5. The Balaban J connectivity index is 1.75. The van der Waals surface area contributed by atoms with Crippen molar-refractivity contribution in [1.82, 2.24) is 10.2 Å². The van der Waals surface area contributed by atoms with Gasteiger partial charge in [-0.25, -0.2) is 4.79 Å². The van der Waals surface area contributed by atoms with E-state index in [4.69, 9.17) is 4.42 Å². The van der Waals surface area contributed by atoms with Crippen LogP contribution < -0.4 is 16.0 Å². The van der Waals surface area contributed by atoms with Crippen LogP contribution in [-0.2, 0) is 0 Å². The van der Waals surface area contributed by atoms with Gasteiger partial charge in [0.25, 0.3) is 5.91 Å². The van der Waals surface area contributed by atoms with Gasteiger partial charge in [0, 0.05) is 24.0 Å². The van der Waals surface area contributed by atoms with Crippen LogP contribution in [0.15, 0.2) is 41.0 Å². The minimum absolute atomic E-state index is 0.232. The molecule has 0 saturated carbocycles. The highest BCUT2D eigenvalue weighted by Gasteiger charge is 2.11. The van der Waals surface area contributed by atoms with Gasteiger partial charge >= 0.3 is 6.03 Å². The number of nitrogens with zero attached hydrogens (tertiary/aromatic N) is 1. The number of anilines is 2. The second-order valence-electron chi connectivity index (χ2n) is 7.12. The predicted octanol–water partition coefficient (Wildman–Crippen LogP) is 4.08. The minimum atomic E-state index is -0.310. The topological polar surface area (TPSA) is 86.6 Å². The van der Waals surface area contributed by atoms with Gasteiger partial charge in [-0.3, -0.25) is 4.79 Å². The summed E-state index contributed by atoms with van der Waals surface area (Å²) in [6.07, 6.45) is 3.43. The summed E-state index contributed by atoms with van der Waals surface area (Å²) in [7, 11) is 2.11. The highest BCUT2D eigenvalue weighted by Crippen LogP contribution is 2.20. The van der Waals surface area contributed by atoms with Gasteiger partial charge in [0.05, 0.1) is 6.26 Å². The van der Waals surface area contributed by atoms with Crippen LogP contribution in [0.1, 0.15) is 42.8 Å². The molecule has 0 unspecified atom stereocenters. The first-order valence-electron chi connectivity index (χ1n) is 9.57. The summed E-state index contributed by atoms with van der Waals surface area (Å²) in [5.74, 6) is -0.0600. The first-order valence-corrected chi connectivity index (χ1v) is 9.57. The maximum absolute atomic E-state index is 12.1. The molecule has 0 atom stereocenters. The van der Waals surface area contributed by atoms with E-state index in [1.54, 1.807) is 24.3 Å². The molecule has 0 fully saturated rings. The summed E-state index contributed by atoms with van der Waals surface area (Å²) in [5, 5.41) is 8.48. The largest absolute Gasteiger partial charge is 0.459 e. The number of urea groups is 1. The zero-order chi connectivity index (χ0) is 20.5. The molecule has 0 saturated heterocycles. The fraction of sp³-hybridized carbons (Fsp3) is 0.429. The van der Waals surface area contributed by atoms with Crippen molar-refractivity contribution in [2.24, 2.45) is 0 Å². The third kappa shape index (κ3) is 6.74. The molecule has 2 aromatic rings. The van der Waals surface area contributed by atoms with Crippen LogP contribution in [-0.4, -0.2) is 43.0 Å². The zero-order valence-corrected chi connectivity index (χ0v) is 17.0. The Labute approximate surface area is 166 Å². The number of hydrogen-bond donors (Lipinski definition) is 3.